The van der Waals surface area contributed by atoms with Gasteiger partial charge in [-0.1, -0.05) is 12.1 Å². The summed E-state index contributed by atoms with van der Waals surface area (Å²) in [5.74, 6) is 0.520. The number of nitrogens with zero attached hydrogens (tertiary/aromatic N) is 1. The van der Waals surface area contributed by atoms with Crippen LogP contribution in [0.5, 0.6) is 0 Å². The molecule has 1 aromatic rings. The van der Waals surface area contributed by atoms with E-state index in [1.165, 1.54) is 6.07 Å². The first-order valence-corrected chi connectivity index (χ1v) is 6.65. The molecule has 0 heterocycles. The molecule has 0 radical (unpaired) electrons. The van der Waals surface area contributed by atoms with Gasteiger partial charge in [-0.3, -0.25) is 4.99 Å². The van der Waals surface area contributed by atoms with Gasteiger partial charge in [-0.05, 0) is 24.6 Å². The lowest BCUT2D eigenvalue weighted by molar-refractivity contribution is -0.137. The summed E-state index contributed by atoms with van der Waals surface area (Å²) >= 11 is 0. The van der Waals surface area contributed by atoms with E-state index in [4.69, 9.17) is 4.74 Å². The third-order valence-electron chi connectivity index (χ3n) is 2.68. The Morgan fingerprint density at radius 2 is 2.00 bits per heavy atom. The molecule has 0 amide bonds. The second-order valence-electron chi connectivity index (χ2n) is 4.25. The van der Waals surface area contributed by atoms with Crippen molar-refractivity contribution < 1.29 is 17.9 Å². The second-order valence-corrected chi connectivity index (χ2v) is 4.25. The Morgan fingerprint density at radius 1 is 1.27 bits per heavy atom. The van der Waals surface area contributed by atoms with E-state index in [0.29, 0.717) is 31.3 Å². The van der Waals surface area contributed by atoms with E-state index in [2.05, 4.69) is 15.6 Å². The van der Waals surface area contributed by atoms with Gasteiger partial charge in [-0.15, -0.1) is 24.0 Å². The maximum absolute atomic E-state index is 12.6. The van der Waals surface area contributed by atoms with Crippen molar-refractivity contribution in [1.29, 1.82) is 0 Å². The largest absolute Gasteiger partial charge is 0.416 e. The molecule has 1 aromatic carbocycles. The molecule has 2 N–H and O–H groups in total. The molecule has 0 unspecified atom stereocenters. The molecular weight excluding hydrogens is 410 g/mol. The fourth-order valence-corrected chi connectivity index (χ4v) is 1.65. The molecule has 22 heavy (non-hydrogen) atoms. The van der Waals surface area contributed by atoms with Crippen LogP contribution in [0.1, 0.15) is 18.1 Å². The smallest absolute Gasteiger partial charge is 0.380 e. The van der Waals surface area contributed by atoms with Crippen LogP contribution in [0.4, 0.5) is 13.2 Å². The van der Waals surface area contributed by atoms with Crippen molar-refractivity contribution in [2.75, 3.05) is 26.8 Å². The fourth-order valence-electron chi connectivity index (χ4n) is 1.65. The Kier molecular flexibility index (Phi) is 10.2. The van der Waals surface area contributed by atoms with E-state index in [0.717, 1.165) is 12.1 Å². The quantitative estimate of drug-likeness (QED) is 0.315. The number of hydrogen-bond donors (Lipinski definition) is 2. The molecule has 0 saturated carbocycles. The molecule has 0 aliphatic rings. The van der Waals surface area contributed by atoms with Gasteiger partial charge in [0.15, 0.2) is 5.96 Å². The van der Waals surface area contributed by atoms with Crippen LogP contribution in [0.15, 0.2) is 29.3 Å². The summed E-state index contributed by atoms with van der Waals surface area (Å²) in [7, 11) is 1.60. The van der Waals surface area contributed by atoms with Crippen molar-refractivity contribution in [3.8, 4) is 0 Å². The average molecular weight is 431 g/mol. The second kappa shape index (κ2) is 10.7. The van der Waals surface area contributed by atoms with Gasteiger partial charge in [0.05, 0.1) is 12.2 Å². The zero-order chi connectivity index (χ0) is 15.7. The first kappa shape index (κ1) is 21.0. The third-order valence-corrected chi connectivity index (χ3v) is 2.68. The number of rotatable bonds is 6. The Hall–Kier alpha value is -1.03. The van der Waals surface area contributed by atoms with Gasteiger partial charge >= 0.3 is 6.18 Å². The normalized spacial score (nSPS) is 11.8. The molecule has 0 aliphatic carbocycles. The van der Waals surface area contributed by atoms with Crippen LogP contribution in [0.25, 0.3) is 0 Å². The van der Waals surface area contributed by atoms with Crippen molar-refractivity contribution in [2.24, 2.45) is 4.99 Å². The molecule has 0 fully saturated rings. The lowest BCUT2D eigenvalue weighted by Gasteiger charge is -2.13. The summed E-state index contributed by atoms with van der Waals surface area (Å²) < 4.78 is 43.0. The summed E-state index contributed by atoms with van der Waals surface area (Å²) in [6.07, 6.45) is -4.33. The Bertz CT molecular complexity index is 467. The Labute approximate surface area is 145 Å². The molecule has 4 nitrogen and oxygen atoms in total. The van der Waals surface area contributed by atoms with Crippen LogP contribution in [0, 0.1) is 0 Å². The van der Waals surface area contributed by atoms with Gasteiger partial charge < -0.3 is 15.4 Å². The van der Waals surface area contributed by atoms with E-state index in [-0.39, 0.29) is 30.5 Å². The number of alkyl halides is 3. The van der Waals surface area contributed by atoms with Crippen LogP contribution in [0.2, 0.25) is 0 Å². The predicted octanol–water partition coefficient (Wildman–Crippen LogP) is 3.02. The fraction of sp³-hybridized carbons (Fsp3) is 0.500. The standard InChI is InChI=1S/C14H20F3N3O.HI/c1-3-21-8-7-19-13(18-2)20-10-11-5-4-6-12(9-11)14(15,16)17;/h4-6,9H,3,7-8,10H2,1-2H3,(H2,18,19,20);1H. The summed E-state index contributed by atoms with van der Waals surface area (Å²) in [5, 5.41) is 5.97. The van der Waals surface area contributed by atoms with Gasteiger partial charge in [0.2, 0.25) is 0 Å². The molecule has 0 spiro atoms. The number of hydrogen-bond acceptors (Lipinski definition) is 2. The monoisotopic (exact) mass is 431 g/mol. The van der Waals surface area contributed by atoms with E-state index >= 15 is 0 Å². The number of aliphatic imine (C=N–C) groups is 1. The Balaban J connectivity index is 0.00000441. The number of guanidine groups is 1. The van der Waals surface area contributed by atoms with Gasteiger partial charge in [0.25, 0.3) is 0 Å². The van der Waals surface area contributed by atoms with Crippen molar-refractivity contribution in [3.05, 3.63) is 35.4 Å². The summed E-state index contributed by atoms with van der Waals surface area (Å²) in [6, 6.07) is 5.21. The number of nitrogens with one attached hydrogen (secondary N) is 2. The molecule has 0 atom stereocenters. The SMILES string of the molecule is CCOCCNC(=NC)NCc1cccc(C(F)(F)F)c1.I. The highest BCUT2D eigenvalue weighted by Crippen LogP contribution is 2.29. The highest BCUT2D eigenvalue weighted by atomic mass is 127. The maximum Gasteiger partial charge on any atom is 0.416 e. The molecule has 126 valence electrons. The highest BCUT2D eigenvalue weighted by Gasteiger charge is 2.30. The summed E-state index contributed by atoms with van der Waals surface area (Å²) in [5.41, 5.74) is -0.112. The average Bonchev–Trinajstić information content (AvgIpc) is 2.46. The van der Waals surface area contributed by atoms with Crippen LogP contribution in [-0.2, 0) is 17.5 Å². The molecule has 1 rings (SSSR count). The minimum absolute atomic E-state index is 0. The van der Waals surface area contributed by atoms with Gasteiger partial charge in [0, 0.05) is 26.7 Å². The van der Waals surface area contributed by atoms with E-state index < -0.39 is 11.7 Å². The molecule has 0 aromatic heterocycles. The predicted molar refractivity (Wildman–Crippen MR) is 91.6 cm³/mol. The van der Waals surface area contributed by atoms with Crippen molar-refractivity contribution in [1.82, 2.24) is 10.6 Å². The first-order chi connectivity index (χ1) is 9.97. The van der Waals surface area contributed by atoms with Crippen LogP contribution in [0.3, 0.4) is 0 Å². The molecule has 0 saturated heterocycles. The summed E-state index contributed by atoms with van der Waals surface area (Å²) in [4.78, 5) is 3.99. The minimum Gasteiger partial charge on any atom is -0.380 e. The van der Waals surface area contributed by atoms with Crippen LogP contribution < -0.4 is 10.6 Å². The minimum atomic E-state index is -4.33. The number of halogens is 4. The van der Waals surface area contributed by atoms with Crippen LogP contribution in [-0.4, -0.2) is 32.8 Å². The maximum atomic E-state index is 12.6. The molecule has 0 aliphatic heterocycles. The van der Waals surface area contributed by atoms with E-state index in [9.17, 15) is 13.2 Å². The topological polar surface area (TPSA) is 45.6 Å². The van der Waals surface area contributed by atoms with Crippen LogP contribution >= 0.6 is 24.0 Å². The Morgan fingerprint density at radius 3 is 2.59 bits per heavy atom. The third kappa shape index (κ3) is 7.83. The highest BCUT2D eigenvalue weighted by molar-refractivity contribution is 14.0. The number of benzene rings is 1. The van der Waals surface area contributed by atoms with E-state index in [1.54, 1.807) is 13.1 Å². The van der Waals surface area contributed by atoms with Gasteiger partial charge in [0.1, 0.15) is 0 Å². The number of ether oxygens (including phenoxy) is 1. The summed E-state index contributed by atoms with van der Waals surface area (Å²) in [6.45, 7) is 3.92. The lowest BCUT2D eigenvalue weighted by Crippen LogP contribution is -2.38. The van der Waals surface area contributed by atoms with E-state index in [1.807, 2.05) is 6.92 Å². The zero-order valence-electron chi connectivity index (χ0n) is 12.5. The molecule has 8 heteroatoms. The molecular formula is C14H21F3IN3O. The molecule has 0 bridgehead atoms. The first-order valence-electron chi connectivity index (χ1n) is 6.65. The van der Waals surface area contributed by atoms with Gasteiger partial charge in [-0.25, -0.2) is 0 Å². The van der Waals surface area contributed by atoms with Crippen molar-refractivity contribution in [2.45, 2.75) is 19.6 Å². The zero-order valence-corrected chi connectivity index (χ0v) is 14.9. The van der Waals surface area contributed by atoms with Gasteiger partial charge in [-0.2, -0.15) is 13.2 Å². The van der Waals surface area contributed by atoms with Crippen molar-refractivity contribution >= 4 is 29.9 Å². The lowest BCUT2D eigenvalue weighted by atomic mass is 10.1. The van der Waals surface area contributed by atoms with Crippen molar-refractivity contribution in [3.63, 3.8) is 0 Å².